The molecule has 0 aliphatic carbocycles. The van der Waals surface area contributed by atoms with Gasteiger partial charge in [-0.15, -0.1) is 0 Å². The van der Waals surface area contributed by atoms with Crippen molar-refractivity contribution in [2.45, 2.75) is 13.0 Å². The van der Waals surface area contributed by atoms with E-state index in [4.69, 9.17) is 33.7 Å². The van der Waals surface area contributed by atoms with Crippen molar-refractivity contribution in [3.8, 4) is 5.75 Å². The number of benzene rings is 2. The van der Waals surface area contributed by atoms with Crippen LogP contribution < -0.4 is 10.5 Å². The van der Waals surface area contributed by atoms with Crippen molar-refractivity contribution >= 4 is 39.1 Å². The van der Waals surface area contributed by atoms with Gasteiger partial charge in [0.15, 0.2) is 0 Å². The molecule has 0 aliphatic rings. The Kier molecular flexibility index (Phi) is 5.33. The van der Waals surface area contributed by atoms with Gasteiger partial charge in [-0.05, 0) is 34.5 Å². The second kappa shape index (κ2) is 6.81. The second-order valence-electron chi connectivity index (χ2n) is 4.45. The third-order valence-electron chi connectivity index (χ3n) is 2.91. The van der Waals surface area contributed by atoms with Crippen molar-refractivity contribution in [3.05, 3.63) is 62.0 Å². The molecule has 0 saturated heterocycles. The topological polar surface area (TPSA) is 35.2 Å². The van der Waals surface area contributed by atoms with E-state index >= 15 is 0 Å². The molecule has 0 bridgehead atoms. The Balaban J connectivity index is 2.26. The molecule has 0 spiro atoms. The van der Waals surface area contributed by atoms with E-state index in [1.54, 1.807) is 12.1 Å². The Morgan fingerprint density at radius 2 is 1.80 bits per heavy atom. The van der Waals surface area contributed by atoms with Gasteiger partial charge < -0.3 is 10.5 Å². The Morgan fingerprint density at radius 3 is 2.40 bits per heavy atom. The van der Waals surface area contributed by atoms with Crippen LogP contribution in [-0.2, 0) is 0 Å². The van der Waals surface area contributed by atoms with Crippen LogP contribution in [0.1, 0.15) is 17.2 Å². The highest BCUT2D eigenvalue weighted by Gasteiger charge is 2.15. The third kappa shape index (κ3) is 3.67. The summed E-state index contributed by atoms with van der Waals surface area (Å²) in [6, 6.07) is 11.4. The lowest BCUT2D eigenvalue weighted by Crippen LogP contribution is -2.18. The van der Waals surface area contributed by atoms with Crippen molar-refractivity contribution in [1.82, 2.24) is 0 Å². The fourth-order valence-electron chi connectivity index (χ4n) is 1.78. The molecule has 0 aliphatic heterocycles. The molecule has 20 heavy (non-hydrogen) atoms. The summed E-state index contributed by atoms with van der Waals surface area (Å²) in [5.41, 5.74) is 8.00. The Labute approximate surface area is 137 Å². The number of halogens is 3. The lowest BCUT2D eigenvalue weighted by Gasteiger charge is -2.19. The van der Waals surface area contributed by atoms with E-state index in [2.05, 4.69) is 15.9 Å². The van der Waals surface area contributed by atoms with E-state index in [-0.39, 0.29) is 6.10 Å². The summed E-state index contributed by atoms with van der Waals surface area (Å²) in [5, 5.41) is 1.04. The highest BCUT2D eigenvalue weighted by atomic mass is 79.9. The van der Waals surface area contributed by atoms with Crippen molar-refractivity contribution < 1.29 is 4.74 Å². The van der Waals surface area contributed by atoms with Crippen LogP contribution >= 0.6 is 39.1 Å². The molecule has 106 valence electrons. The minimum Gasteiger partial charge on any atom is -0.483 e. The molecule has 0 aromatic heterocycles. The standard InChI is InChI=1S/C15H14BrCl2NO/c1-9-2-4-10(5-3-9)15(8-19)20-14-7-12(17)11(16)6-13(14)18/h2-7,15H,8,19H2,1H3. The van der Waals surface area contributed by atoms with E-state index < -0.39 is 0 Å². The van der Waals surface area contributed by atoms with Crippen molar-refractivity contribution in [3.63, 3.8) is 0 Å². The largest absolute Gasteiger partial charge is 0.483 e. The summed E-state index contributed by atoms with van der Waals surface area (Å²) in [7, 11) is 0. The quantitative estimate of drug-likeness (QED) is 0.751. The van der Waals surface area contributed by atoms with E-state index in [0.29, 0.717) is 22.3 Å². The molecule has 0 amide bonds. The molecular formula is C15H14BrCl2NO. The first kappa shape index (κ1) is 15.6. The van der Waals surface area contributed by atoms with Crippen LogP contribution in [0.3, 0.4) is 0 Å². The van der Waals surface area contributed by atoms with Crippen molar-refractivity contribution in [1.29, 1.82) is 0 Å². The Morgan fingerprint density at radius 1 is 1.15 bits per heavy atom. The molecule has 2 aromatic carbocycles. The first-order chi connectivity index (χ1) is 9.51. The van der Waals surface area contributed by atoms with Crippen LogP contribution in [0.15, 0.2) is 40.9 Å². The predicted molar refractivity (Wildman–Crippen MR) is 87.8 cm³/mol. The van der Waals surface area contributed by atoms with Crippen molar-refractivity contribution in [2.24, 2.45) is 5.73 Å². The number of hydrogen-bond acceptors (Lipinski definition) is 2. The van der Waals surface area contributed by atoms with Gasteiger partial charge in [0.25, 0.3) is 0 Å². The SMILES string of the molecule is Cc1ccc(C(CN)Oc2cc(Cl)c(Br)cc2Cl)cc1. The minimum absolute atomic E-state index is 0.259. The number of nitrogens with two attached hydrogens (primary N) is 1. The monoisotopic (exact) mass is 373 g/mol. The third-order valence-corrected chi connectivity index (χ3v) is 4.40. The van der Waals surface area contributed by atoms with Crippen molar-refractivity contribution in [2.75, 3.05) is 6.54 Å². The van der Waals surface area contributed by atoms with E-state index in [1.165, 1.54) is 5.56 Å². The summed E-state index contributed by atoms with van der Waals surface area (Å²) in [6.07, 6.45) is -0.259. The molecule has 2 rings (SSSR count). The van der Waals surface area contributed by atoms with Gasteiger partial charge in [0.1, 0.15) is 11.9 Å². The lowest BCUT2D eigenvalue weighted by atomic mass is 10.1. The lowest BCUT2D eigenvalue weighted by molar-refractivity contribution is 0.214. The maximum absolute atomic E-state index is 6.16. The van der Waals surface area contributed by atoms with Crippen LogP contribution in [0.2, 0.25) is 10.0 Å². The zero-order valence-corrected chi connectivity index (χ0v) is 14.0. The second-order valence-corrected chi connectivity index (χ2v) is 6.12. The molecule has 0 fully saturated rings. The zero-order chi connectivity index (χ0) is 14.7. The molecule has 0 saturated carbocycles. The average molecular weight is 375 g/mol. The molecule has 0 radical (unpaired) electrons. The minimum atomic E-state index is -0.259. The smallest absolute Gasteiger partial charge is 0.140 e. The van der Waals surface area contributed by atoms with Crippen LogP contribution in [0.5, 0.6) is 5.75 Å². The van der Waals surface area contributed by atoms with Crippen LogP contribution in [-0.4, -0.2) is 6.54 Å². The number of rotatable bonds is 4. The van der Waals surface area contributed by atoms with Gasteiger partial charge in [0.05, 0.1) is 10.0 Å². The number of hydrogen-bond donors (Lipinski definition) is 1. The van der Waals surface area contributed by atoms with Gasteiger partial charge in [-0.3, -0.25) is 0 Å². The summed E-state index contributed by atoms with van der Waals surface area (Å²) in [4.78, 5) is 0. The fraction of sp³-hybridized carbons (Fsp3) is 0.200. The summed E-state index contributed by atoms with van der Waals surface area (Å²) < 4.78 is 6.63. The van der Waals surface area contributed by atoms with Crippen LogP contribution in [0.4, 0.5) is 0 Å². The first-order valence-corrected chi connectivity index (χ1v) is 7.64. The highest BCUT2D eigenvalue weighted by Crippen LogP contribution is 2.36. The molecule has 2 N–H and O–H groups in total. The summed E-state index contributed by atoms with van der Waals surface area (Å²) in [5.74, 6) is 0.524. The molecule has 1 atom stereocenters. The maximum Gasteiger partial charge on any atom is 0.140 e. The Hall–Kier alpha value is -0.740. The van der Waals surface area contributed by atoms with Gasteiger partial charge in [-0.1, -0.05) is 53.0 Å². The fourth-order valence-corrected chi connectivity index (χ4v) is 2.62. The molecule has 1 unspecified atom stereocenters. The van der Waals surface area contributed by atoms with Gasteiger partial charge in [0, 0.05) is 17.1 Å². The van der Waals surface area contributed by atoms with Gasteiger partial charge in [-0.25, -0.2) is 0 Å². The molecular weight excluding hydrogens is 361 g/mol. The van der Waals surface area contributed by atoms with Gasteiger partial charge in [-0.2, -0.15) is 0 Å². The average Bonchev–Trinajstić information content (AvgIpc) is 2.42. The van der Waals surface area contributed by atoms with Crippen LogP contribution in [0.25, 0.3) is 0 Å². The number of ether oxygens (including phenoxy) is 1. The van der Waals surface area contributed by atoms with Gasteiger partial charge >= 0.3 is 0 Å². The van der Waals surface area contributed by atoms with E-state index in [0.717, 1.165) is 10.0 Å². The zero-order valence-electron chi connectivity index (χ0n) is 10.9. The Bertz CT molecular complexity index is 602. The maximum atomic E-state index is 6.16. The summed E-state index contributed by atoms with van der Waals surface area (Å²) in [6.45, 7) is 2.39. The van der Waals surface area contributed by atoms with E-state index in [1.807, 2.05) is 31.2 Å². The molecule has 5 heteroatoms. The highest BCUT2D eigenvalue weighted by molar-refractivity contribution is 9.10. The molecule has 2 nitrogen and oxygen atoms in total. The normalized spacial score (nSPS) is 12.2. The first-order valence-electron chi connectivity index (χ1n) is 6.09. The predicted octanol–water partition coefficient (Wildman–Crippen LogP) is 5.14. The summed E-state index contributed by atoms with van der Waals surface area (Å²) >= 11 is 15.5. The van der Waals surface area contributed by atoms with E-state index in [9.17, 15) is 0 Å². The van der Waals surface area contributed by atoms with Gasteiger partial charge in [0.2, 0.25) is 0 Å². The molecule has 2 aromatic rings. The van der Waals surface area contributed by atoms with Crippen LogP contribution in [0, 0.1) is 6.92 Å². The molecule has 0 heterocycles. The number of aryl methyl sites for hydroxylation is 1.